The van der Waals surface area contributed by atoms with Gasteiger partial charge in [-0.15, -0.1) is 11.3 Å². The molecule has 11 heteroatoms. The minimum atomic E-state index is -3.73. The number of anilines is 1. The Bertz CT molecular complexity index is 986. The Kier molecular flexibility index (Phi) is 7.19. The zero-order valence-electron chi connectivity index (χ0n) is 16.7. The predicted octanol–water partition coefficient (Wildman–Crippen LogP) is 1.56. The summed E-state index contributed by atoms with van der Waals surface area (Å²) in [5.41, 5.74) is 0.164. The lowest BCUT2D eigenvalue weighted by Gasteiger charge is -2.26. The van der Waals surface area contributed by atoms with Gasteiger partial charge in [0.2, 0.25) is 15.9 Å². The van der Waals surface area contributed by atoms with Crippen LogP contribution in [0.3, 0.4) is 0 Å². The van der Waals surface area contributed by atoms with Gasteiger partial charge in [0.15, 0.2) is 5.13 Å². The van der Waals surface area contributed by atoms with E-state index in [0.717, 1.165) is 0 Å². The molecule has 2 N–H and O–H groups in total. The second-order valence-electron chi connectivity index (χ2n) is 7.07. The maximum absolute atomic E-state index is 12.8. The summed E-state index contributed by atoms with van der Waals surface area (Å²) in [4.78, 5) is 29.4. The molecule has 1 atom stereocenters. The fraction of sp³-hybridized carbons (Fsp3) is 0.421. The molecule has 0 spiro atoms. The number of morpholine rings is 1. The molecule has 9 nitrogen and oxygen atoms in total. The van der Waals surface area contributed by atoms with Crippen molar-refractivity contribution in [1.29, 1.82) is 0 Å². The average molecular weight is 453 g/mol. The first-order valence-corrected chi connectivity index (χ1v) is 11.8. The molecule has 1 aromatic heterocycles. The molecular formula is C19H24N4O5S2. The number of benzene rings is 1. The van der Waals surface area contributed by atoms with E-state index < -0.39 is 22.0 Å². The summed E-state index contributed by atoms with van der Waals surface area (Å²) >= 11 is 1.28. The van der Waals surface area contributed by atoms with Gasteiger partial charge in [0.05, 0.1) is 18.1 Å². The van der Waals surface area contributed by atoms with Crippen LogP contribution in [-0.4, -0.2) is 61.9 Å². The van der Waals surface area contributed by atoms with Gasteiger partial charge in [0, 0.05) is 30.2 Å². The highest BCUT2D eigenvalue weighted by Gasteiger charge is 2.28. The van der Waals surface area contributed by atoms with Crippen LogP contribution in [0.2, 0.25) is 0 Å². The molecule has 3 rings (SSSR count). The summed E-state index contributed by atoms with van der Waals surface area (Å²) in [6.45, 7) is 4.83. The molecule has 2 amide bonds. The van der Waals surface area contributed by atoms with Gasteiger partial charge in [-0.2, -0.15) is 4.31 Å². The van der Waals surface area contributed by atoms with E-state index in [1.807, 2.05) is 13.8 Å². The Morgan fingerprint density at radius 1 is 1.23 bits per heavy atom. The smallest absolute Gasteiger partial charge is 0.251 e. The molecule has 1 saturated heterocycles. The van der Waals surface area contributed by atoms with Gasteiger partial charge in [0.25, 0.3) is 5.91 Å². The summed E-state index contributed by atoms with van der Waals surface area (Å²) in [5.74, 6) is -1.10. The van der Waals surface area contributed by atoms with Gasteiger partial charge in [-0.1, -0.05) is 19.9 Å². The summed E-state index contributed by atoms with van der Waals surface area (Å²) in [6, 6.07) is 5.01. The van der Waals surface area contributed by atoms with Crippen LogP contribution in [-0.2, 0) is 19.6 Å². The van der Waals surface area contributed by atoms with E-state index in [-0.39, 0.29) is 35.4 Å². The third-order valence-corrected chi connectivity index (χ3v) is 7.19. The number of carbonyl (C=O) groups is 2. The molecule has 1 aromatic carbocycles. The number of sulfonamides is 1. The van der Waals surface area contributed by atoms with Gasteiger partial charge in [-0.3, -0.25) is 9.59 Å². The highest BCUT2D eigenvalue weighted by molar-refractivity contribution is 7.89. The number of hydrogen-bond acceptors (Lipinski definition) is 7. The van der Waals surface area contributed by atoms with Crippen LogP contribution in [0, 0.1) is 5.92 Å². The third kappa shape index (κ3) is 5.22. The molecule has 162 valence electrons. The minimum absolute atomic E-state index is 0.0328. The second-order valence-corrected chi connectivity index (χ2v) is 9.90. The van der Waals surface area contributed by atoms with E-state index in [9.17, 15) is 18.0 Å². The van der Waals surface area contributed by atoms with Gasteiger partial charge in [-0.05, 0) is 24.1 Å². The summed E-state index contributed by atoms with van der Waals surface area (Å²) < 4.78 is 32.2. The van der Waals surface area contributed by atoms with Crippen LogP contribution < -0.4 is 10.6 Å². The number of rotatable bonds is 7. The molecule has 1 unspecified atom stereocenters. The lowest BCUT2D eigenvalue weighted by Crippen LogP contribution is -2.47. The lowest BCUT2D eigenvalue weighted by molar-refractivity contribution is -0.118. The van der Waals surface area contributed by atoms with E-state index in [1.54, 1.807) is 11.6 Å². The van der Waals surface area contributed by atoms with Crippen molar-refractivity contribution in [2.24, 2.45) is 5.92 Å². The first kappa shape index (κ1) is 22.3. The normalized spacial score (nSPS) is 16.2. The topological polar surface area (TPSA) is 118 Å². The zero-order chi connectivity index (χ0) is 21.7. The lowest BCUT2D eigenvalue weighted by atomic mass is 10.0. The van der Waals surface area contributed by atoms with Gasteiger partial charge in [0.1, 0.15) is 6.04 Å². The van der Waals surface area contributed by atoms with Crippen molar-refractivity contribution in [3.05, 3.63) is 41.4 Å². The monoisotopic (exact) mass is 452 g/mol. The van der Waals surface area contributed by atoms with Crippen molar-refractivity contribution < 1.29 is 22.7 Å². The second kappa shape index (κ2) is 9.65. The Hall–Kier alpha value is -2.34. The van der Waals surface area contributed by atoms with Crippen molar-refractivity contribution in [2.45, 2.75) is 24.8 Å². The average Bonchev–Trinajstić information content (AvgIpc) is 3.25. The highest BCUT2D eigenvalue weighted by atomic mass is 32.2. The Morgan fingerprint density at radius 3 is 2.60 bits per heavy atom. The van der Waals surface area contributed by atoms with E-state index >= 15 is 0 Å². The highest BCUT2D eigenvalue weighted by Crippen LogP contribution is 2.19. The molecule has 0 aliphatic carbocycles. The first-order valence-electron chi connectivity index (χ1n) is 9.48. The van der Waals surface area contributed by atoms with Crippen molar-refractivity contribution in [2.75, 3.05) is 31.6 Å². The van der Waals surface area contributed by atoms with Gasteiger partial charge < -0.3 is 15.4 Å². The van der Waals surface area contributed by atoms with Crippen molar-refractivity contribution >= 4 is 38.3 Å². The van der Waals surface area contributed by atoms with Crippen LogP contribution in [0.25, 0.3) is 0 Å². The van der Waals surface area contributed by atoms with Crippen LogP contribution >= 0.6 is 11.3 Å². The molecular weight excluding hydrogens is 428 g/mol. The maximum Gasteiger partial charge on any atom is 0.251 e. The number of amides is 2. The zero-order valence-corrected chi connectivity index (χ0v) is 18.3. The number of thiazole rings is 1. The van der Waals surface area contributed by atoms with Crippen LogP contribution in [0.5, 0.6) is 0 Å². The number of hydrogen-bond donors (Lipinski definition) is 2. The number of carbonyl (C=O) groups excluding carboxylic acids is 2. The molecule has 0 bridgehead atoms. The quantitative estimate of drug-likeness (QED) is 0.658. The predicted molar refractivity (Wildman–Crippen MR) is 113 cm³/mol. The van der Waals surface area contributed by atoms with Crippen molar-refractivity contribution in [1.82, 2.24) is 14.6 Å². The minimum Gasteiger partial charge on any atom is -0.379 e. The molecule has 1 aliphatic rings. The third-order valence-electron chi connectivity index (χ3n) is 4.60. The fourth-order valence-electron chi connectivity index (χ4n) is 2.96. The van der Waals surface area contributed by atoms with E-state index in [0.29, 0.717) is 18.3 Å². The SMILES string of the molecule is CC(C)C(NC(=O)c1cccc(S(=O)(=O)N2CCOCC2)c1)C(=O)Nc1nccs1. The molecule has 1 aliphatic heterocycles. The van der Waals surface area contributed by atoms with Crippen LogP contribution in [0.15, 0.2) is 40.7 Å². The van der Waals surface area contributed by atoms with E-state index in [4.69, 9.17) is 4.74 Å². The first-order chi connectivity index (χ1) is 14.3. The van der Waals surface area contributed by atoms with Crippen LogP contribution in [0.4, 0.5) is 5.13 Å². The number of nitrogens with one attached hydrogen (secondary N) is 2. The fourth-order valence-corrected chi connectivity index (χ4v) is 4.95. The Morgan fingerprint density at radius 2 is 1.97 bits per heavy atom. The molecule has 2 aromatic rings. The van der Waals surface area contributed by atoms with Crippen molar-refractivity contribution in [3.63, 3.8) is 0 Å². The summed E-state index contributed by atoms with van der Waals surface area (Å²) in [7, 11) is -3.73. The number of nitrogens with zero attached hydrogens (tertiary/aromatic N) is 2. The number of aromatic nitrogens is 1. The molecule has 0 saturated carbocycles. The Labute approximate surface area is 179 Å². The van der Waals surface area contributed by atoms with E-state index in [2.05, 4.69) is 15.6 Å². The summed E-state index contributed by atoms with van der Waals surface area (Å²) in [6.07, 6.45) is 1.57. The number of ether oxygens (including phenoxy) is 1. The van der Waals surface area contributed by atoms with Crippen LogP contribution in [0.1, 0.15) is 24.2 Å². The molecule has 30 heavy (non-hydrogen) atoms. The molecule has 0 radical (unpaired) electrons. The molecule has 2 heterocycles. The Balaban J connectivity index is 1.75. The van der Waals surface area contributed by atoms with Crippen molar-refractivity contribution in [3.8, 4) is 0 Å². The van der Waals surface area contributed by atoms with E-state index in [1.165, 1.54) is 39.9 Å². The largest absolute Gasteiger partial charge is 0.379 e. The van der Waals surface area contributed by atoms with Gasteiger partial charge >= 0.3 is 0 Å². The standard InChI is InChI=1S/C19H24N4O5S2/c1-13(2)16(18(25)22-19-20-6-11-29-19)21-17(24)14-4-3-5-15(12-14)30(26,27)23-7-9-28-10-8-23/h3-6,11-13,16H,7-10H2,1-2H3,(H,21,24)(H,20,22,25). The van der Waals surface area contributed by atoms with Gasteiger partial charge in [-0.25, -0.2) is 13.4 Å². The molecule has 1 fully saturated rings. The maximum atomic E-state index is 12.8. The summed E-state index contributed by atoms with van der Waals surface area (Å²) in [5, 5.41) is 7.56.